The van der Waals surface area contributed by atoms with E-state index in [0.717, 1.165) is 36.6 Å². The molecule has 1 atom stereocenters. The second-order valence-corrected chi connectivity index (χ2v) is 6.48. The van der Waals surface area contributed by atoms with E-state index in [0.29, 0.717) is 24.1 Å². The van der Waals surface area contributed by atoms with Gasteiger partial charge in [0.15, 0.2) is 0 Å². The topological polar surface area (TPSA) is 67.8 Å². The highest BCUT2D eigenvalue weighted by Crippen LogP contribution is 2.29. The minimum atomic E-state index is -0.938. The Morgan fingerprint density at radius 2 is 2.20 bits per heavy atom. The first-order valence-corrected chi connectivity index (χ1v) is 8.56. The molecular formula is C19H20ClNO4. The van der Waals surface area contributed by atoms with E-state index in [1.165, 1.54) is 0 Å². The van der Waals surface area contributed by atoms with Crippen molar-refractivity contribution in [2.75, 3.05) is 25.1 Å². The third-order valence-corrected chi connectivity index (χ3v) is 4.33. The molecule has 2 aromatic rings. The molecule has 2 N–H and O–H groups in total. The monoisotopic (exact) mass is 361 g/mol. The van der Waals surface area contributed by atoms with Crippen molar-refractivity contribution >= 4 is 23.3 Å². The molecule has 0 saturated carbocycles. The molecule has 0 amide bonds. The molecule has 2 aromatic carbocycles. The van der Waals surface area contributed by atoms with E-state index in [9.17, 15) is 4.79 Å². The smallest absolute Gasteiger partial charge is 0.335 e. The van der Waals surface area contributed by atoms with E-state index in [4.69, 9.17) is 26.2 Å². The molecule has 0 aliphatic carbocycles. The quantitative estimate of drug-likeness (QED) is 0.778. The van der Waals surface area contributed by atoms with Crippen molar-refractivity contribution in [1.29, 1.82) is 0 Å². The van der Waals surface area contributed by atoms with Crippen molar-refractivity contribution in [2.24, 2.45) is 5.92 Å². The molecule has 132 valence electrons. The number of rotatable bonds is 7. The van der Waals surface area contributed by atoms with Crippen molar-refractivity contribution in [3.05, 3.63) is 58.6 Å². The fraction of sp³-hybridized carbons (Fsp3) is 0.316. The number of carboxylic acids is 1. The Morgan fingerprint density at radius 1 is 1.32 bits per heavy atom. The van der Waals surface area contributed by atoms with Gasteiger partial charge in [0.1, 0.15) is 5.75 Å². The van der Waals surface area contributed by atoms with Crippen molar-refractivity contribution in [3.8, 4) is 5.75 Å². The standard InChI is InChI=1S/C19H20ClNO4/c20-16-4-5-18(25-12-14-6-7-24-11-14)17(9-16)21-10-13-2-1-3-15(8-13)19(22)23/h1-5,8-9,14,21H,6-7,10-12H2,(H,22,23). The molecule has 6 heteroatoms. The molecule has 0 aromatic heterocycles. The van der Waals surface area contributed by atoms with Crippen LogP contribution in [-0.4, -0.2) is 30.9 Å². The van der Waals surface area contributed by atoms with Crippen LogP contribution in [0.1, 0.15) is 22.3 Å². The highest BCUT2D eigenvalue weighted by molar-refractivity contribution is 6.30. The summed E-state index contributed by atoms with van der Waals surface area (Å²) in [5.41, 5.74) is 1.92. The average molecular weight is 362 g/mol. The molecule has 3 rings (SSSR count). The number of anilines is 1. The van der Waals surface area contributed by atoms with Gasteiger partial charge in [0.25, 0.3) is 0 Å². The number of benzene rings is 2. The fourth-order valence-electron chi connectivity index (χ4n) is 2.70. The van der Waals surface area contributed by atoms with E-state index in [1.807, 2.05) is 18.2 Å². The predicted octanol–water partition coefficient (Wildman–Crippen LogP) is 4.07. The van der Waals surface area contributed by atoms with Crippen molar-refractivity contribution in [2.45, 2.75) is 13.0 Å². The van der Waals surface area contributed by atoms with Gasteiger partial charge < -0.3 is 19.9 Å². The van der Waals surface area contributed by atoms with Crippen LogP contribution in [0, 0.1) is 5.92 Å². The van der Waals surface area contributed by atoms with Gasteiger partial charge in [-0.3, -0.25) is 0 Å². The number of hydrogen-bond acceptors (Lipinski definition) is 4. The van der Waals surface area contributed by atoms with Crippen LogP contribution in [0.5, 0.6) is 5.75 Å². The van der Waals surface area contributed by atoms with Crippen LogP contribution in [-0.2, 0) is 11.3 Å². The molecule has 1 fully saturated rings. The largest absolute Gasteiger partial charge is 0.491 e. The number of carboxylic acid groups (broad SMARTS) is 1. The van der Waals surface area contributed by atoms with Gasteiger partial charge in [-0.05, 0) is 42.3 Å². The molecule has 0 spiro atoms. The van der Waals surface area contributed by atoms with Crippen LogP contribution in [0.25, 0.3) is 0 Å². The van der Waals surface area contributed by atoms with Gasteiger partial charge in [-0.1, -0.05) is 23.7 Å². The summed E-state index contributed by atoms with van der Waals surface area (Å²) in [7, 11) is 0. The lowest BCUT2D eigenvalue weighted by molar-refractivity contribution is 0.0696. The van der Waals surface area contributed by atoms with E-state index in [1.54, 1.807) is 24.3 Å². The summed E-state index contributed by atoms with van der Waals surface area (Å²) < 4.78 is 11.3. The molecule has 0 bridgehead atoms. The Morgan fingerprint density at radius 3 is 2.96 bits per heavy atom. The Balaban J connectivity index is 1.67. The number of aromatic carboxylic acids is 1. The van der Waals surface area contributed by atoms with E-state index >= 15 is 0 Å². The zero-order valence-corrected chi connectivity index (χ0v) is 14.5. The van der Waals surface area contributed by atoms with Crippen molar-refractivity contribution in [1.82, 2.24) is 0 Å². The van der Waals surface area contributed by atoms with Crippen LogP contribution in [0.4, 0.5) is 5.69 Å². The highest BCUT2D eigenvalue weighted by Gasteiger charge is 2.17. The van der Waals surface area contributed by atoms with E-state index in [2.05, 4.69) is 5.32 Å². The van der Waals surface area contributed by atoms with Crippen LogP contribution in [0.3, 0.4) is 0 Å². The molecule has 1 aliphatic rings. The number of hydrogen-bond donors (Lipinski definition) is 2. The normalized spacial score (nSPS) is 16.6. The predicted molar refractivity (Wildman–Crippen MR) is 96.6 cm³/mol. The zero-order chi connectivity index (χ0) is 17.6. The second kappa shape index (κ2) is 8.23. The summed E-state index contributed by atoms with van der Waals surface area (Å²) >= 11 is 6.10. The first-order chi connectivity index (χ1) is 12.1. The van der Waals surface area contributed by atoms with Gasteiger partial charge in [0.2, 0.25) is 0 Å². The summed E-state index contributed by atoms with van der Waals surface area (Å²) in [6, 6.07) is 12.3. The SMILES string of the molecule is O=C(O)c1cccc(CNc2cc(Cl)ccc2OCC2CCOC2)c1. The van der Waals surface area contributed by atoms with Gasteiger partial charge in [-0.2, -0.15) is 0 Å². The maximum atomic E-state index is 11.1. The first-order valence-electron chi connectivity index (χ1n) is 8.18. The third kappa shape index (κ3) is 4.87. The number of halogens is 1. The molecule has 1 heterocycles. The van der Waals surface area contributed by atoms with Gasteiger partial charge in [0.05, 0.1) is 24.5 Å². The molecule has 0 radical (unpaired) electrons. The third-order valence-electron chi connectivity index (χ3n) is 4.10. The minimum absolute atomic E-state index is 0.267. The van der Waals surface area contributed by atoms with Gasteiger partial charge in [0, 0.05) is 24.1 Å². The maximum absolute atomic E-state index is 11.1. The van der Waals surface area contributed by atoms with Crippen LogP contribution in [0.2, 0.25) is 5.02 Å². The van der Waals surface area contributed by atoms with Crippen LogP contribution < -0.4 is 10.1 Å². The number of ether oxygens (including phenoxy) is 2. The lowest BCUT2D eigenvalue weighted by atomic mass is 10.1. The maximum Gasteiger partial charge on any atom is 0.335 e. The molecule has 25 heavy (non-hydrogen) atoms. The van der Waals surface area contributed by atoms with E-state index in [-0.39, 0.29) is 5.56 Å². The summed E-state index contributed by atoms with van der Waals surface area (Å²) in [6.07, 6.45) is 1.01. The van der Waals surface area contributed by atoms with Crippen LogP contribution in [0.15, 0.2) is 42.5 Å². The Bertz CT molecular complexity index is 744. The Labute approximate surface area is 151 Å². The number of nitrogens with one attached hydrogen (secondary N) is 1. The Hall–Kier alpha value is -2.24. The lowest BCUT2D eigenvalue weighted by Crippen LogP contribution is -2.12. The zero-order valence-electron chi connectivity index (χ0n) is 13.7. The molecule has 5 nitrogen and oxygen atoms in total. The second-order valence-electron chi connectivity index (χ2n) is 6.04. The van der Waals surface area contributed by atoms with E-state index < -0.39 is 5.97 Å². The average Bonchev–Trinajstić information content (AvgIpc) is 3.13. The molecular weight excluding hydrogens is 342 g/mol. The lowest BCUT2D eigenvalue weighted by Gasteiger charge is -2.16. The summed E-state index contributed by atoms with van der Waals surface area (Å²) in [6.45, 7) is 2.60. The number of carbonyl (C=O) groups is 1. The summed E-state index contributed by atoms with van der Waals surface area (Å²) in [5.74, 6) is 0.203. The fourth-order valence-corrected chi connectivity index (χ4v) is 2.87. The molecule has 1 saturated heterocycles. The first kappa shape index (κ1) is 17.6. The summed E-state index contributed by atoms with van der Waals surface area (Å²) in [5, 5.41) is 13.0. The van der Waals surface area contributed by atoms with Gasteiger partial charge >= 0.3 is 5.97 Å². The van der Waals surface area contributed by atoms with Crippen molar-refractivity contribution < 1.29 is 19.4 Å². The van der Waals surface area contributed by atoms with Crippen LogP contribution >= 0.6 is 11.6 Å². The molecule has 1 unspecified atom stereocenters. The van der Waals surface area contributed by atoms with Crippen molar-refractivity contribution in [3.63, 3.8) is 0 Å². The highest BCUT2D eigenvalue weighted by atomic mass is 35.5. The minimum Gasteiger partial charge on any atom is -0.491 e. The summed E-state index contributed by atoms with van der Waals surface area (Å²) in [4.78, 5) is 11.1. The van der Waals surface area contributed by atoms with Gasteiger partial charge in [-0.25, -0.2) is 4.79 Å². The Kier molecular flexibility index (Phi) is 5.79. The molecule has 1 aliphatic heterocycles. The van der Waals surface area contributed by atoms with Gasteiger partial charge in [-0.15, -0.1) is 0 Å².